The first-order valence-electron chi connectivity index (χ1n) is 5.12. The molecule has 2 heteroatoms. The molecule has 80 valence electrons. The fraction of sp³-hybridized carbons (Fsp3) is 0.667. The zero-order chi connectivity index (χ0) is 10.9. The molecule has 0 saturated heterocycles. The third kappa shape index (κ3) is 3.10. The van der Waals surface area contributed by atoms with Crippen molar-refractivity contribution in [3.05, 3.63) is 21.4 Å². The number of nitrogens with two attached hydrogens (primary N) is 1. The minimum atomic E-state index is 0.194. The molecule has 0 amide bonds. The average Bonchev–Trinajstić information content (AvgIpc) is 2.26. The molecule has 0 aromatic carbocycles. The Morgan fingerprint density at radius 3 is 2.29 bits per heavy atom. The lowest BCUT2D eigenvalue weighted by molar-refractivity contribution is 0.342. The van der Waals surface area contributed by atoms with E-state index in [0.29, 0.717) is 5.41 Å². The zero-order valence-corrected chi connectivity index (χ0v) is 10.7. The molecule has 2 N–H and O–H groups in total. The highest BCUT2D eigenvalue weighted by molar-refractivity contribution is 7.12. The van der Waals surface area contributed by atoms with E-state index in [-0.39, 0.29) is 6.04 Å². The van der Waals surface area contributed by atoms with Gasteiger partial charge in [-0.05, 0) is 37.3 Å². The van der Waals surface area contributed by atoms with Crippen LogP contribution in [0.4, 0.5) is 0 Å². The second-order valence-electron chi connectivity index (χ2n) is 5.24. The van der Waals surface area contributed by atoms with Crippen LogP contribution < -0.4 is 5.73 Å². The molecule has 0 aliphatic carbocycles. The van der Waals surface area contributed by atoms with E-state index in [9.17, 15) is 0 Å². The Morgan fingerprint density at radius 1 is 1.36 bits per heavy atom. The highest BCUT2D eigenvalue weighted by Gasteiger charge is 2.19. The number of thiophene rings is 1. The highest BCUT2D eigenvalue weighted by Crippen LogP contribution is 2.32. The van der Waals surface area contributed by atoms with E-state index < -0.39 is 0 Å². The van der Waals surface area contributed by atoms with Gasteiger partial charge in [-0.2, -0.15) is 0 Å². The van der Waals surface area contributed by atoms with E-state index in [1.54, 1.807) is 0 Å². The van der Waals surface area contributed by atoms with Crippen LogP contribution in [0.1, 0.15) is 48.6 Å². The number of aryl methyl sites for hydroxylation is 2. The van der Waals surface area contributed by atoms with Crippen molar-refractivity contribution in [2.75, 3.05) is 0 Å². The molecule has 0 fully saturated rings. The zero-order valence-electron chi connectivity index (χ0n) is 9.85. The van der Waals surface area contributed by atoms with E-state index in [4.69, 9.17) is 5.73 Å². The molecule has 1 heterocycles. The second-order valence-corrected chi connectivity index (χ2v) is 6.70. The van der Waals surface area contributed by atoms with Crippen molar-refractivity contribution in [1.82, 2.24) is 0 Å². The van der Waals surface area contributed by atoms with Crippen LogP contribution in [-0.4, -0.2) is 0 Å². The third-order valence-electron chi connectivity index (χ3n) is 2.31. The van der Waals surface area contributed by atoms with Crippen LogP contribution in [0.3, 0.4) is 0 Å². The molecular weight excluding hydrogens is 190 g/mol. The molecule has 0 aliphatic heterocycles. The molecule has 14 heavy (non-hydrogen) atoms. The van der Waals surface area contributed by atoms with Crippen LogP contribution in [0.25, 0.3) is 0 Å². The Labute approximate surface area is 91.3 Å². The van der Waals surface area contributed by atoms with Gasteiger partial charge in [-0.3, -0.25) is 0 Å². The lowest BCUT2D eigenvalue weighted by Crippen LogP contribution is -2.18. The molecule has 0 spiro atoms. The quantitative estimate of drug-likeness (QED) is 0.791. The van der Waals surface area contributed by atoms with Gasteiger partial charge in [-0.25, -0.2) is 0 Å². The first kappa shape index (κ1) is 11.7. The smallest absolute Gasteiger partial charge is 0.0310 e. The van der Waals surface area contributed by atoms with Crippen LogP contribution in [0.5, 0.6) is 0 Å². The Bertz CT molecular complexity index is 307. The summed E-state index contributed by atoms with van der Waals surface area (Å²) in [4.78, 5) is 2.74. The Kier molecular flexibility index (Phi) is 3.38. The maximum atomic E-state index is 6.20. The summed E-state index contributed by atoms with van der Waals surface area (Å²) in [6.45, 7) is 11.0. The van der Waals surface area contributed by atoms with Crippen molar-refractivity contribution in [1.29, 1.82) is 0 Å². The van der Waals surface area contributed by atoms with Gasteiger partial charge < -0.3 is 5.73 Å². The maximum Gasteiger partial charge on any atom is 0.0310 e. The molecule has 1 aromatic rings. The lowest BCUT2D eigenvalue weighted by Gasteiger charge is -2.23. The molecule has 0 bridgehead atoms. The Balaban J connectivity index is 2.79. The topological polar surface area (TPSA) is 26.0 Å². The average molecular weight is 211 g/mol. The van der Waals surface area contributed by atoms with Crippen LogP contribution in [0, 0.1) is 19.3 Å². The fourth-order valence-electron chi connectivity index (χ4n) is 1.79. The van der Waals surface area contributed by atoms with Gasteiger partial charge >= 0.3 is 0 Å². The molecule has 1 aromatic heterocycles. The molecule has 1 rings (SSSR count). The minimum absolute atomic E-state index is 0.194. The molecular formula is C12H21NS. The predicted octanol–water partition coefficient (Wildman–Crippen LogP) is 3.80. The molecule has 1 nitrogen and oxygen atoms in total. The van der Waals surface area contributed by atoms with Crippen molar-refractivity contribution in [3.8, 4) is 0 Å². The Morgan fingerprint density at radius 2 is 1.93 bits per heavy atom. The van der Waals surface area contributed by atoms with Gasteiger partial charge in [0.2, 0.25) is 0 Å². The van der Waals surface area contributed by atoms with Gasteiger partial charge in [0.05, 0.1) is 0 Å². The first-order chi connectivity index (χ1) is 6.29. The third-order valence-corrected chi connectivity index (χ3v) is 3.29. The van der Waals surface area contributed by atoms with E-state index >= 15 is 0 Å². The fourth-order valence-corrected chi connectivity index (χ4v) is 2.79. The standard InChI is InChI=1S/C12H21NS/c1-8-6-10(9(2)14-8)11(13)7-12(3,4)5/h6,11H,7,13H2,1-5H3. The summed E-state index contributed by atoms with van der Waals surface area (Å²) in [5.74, 6) is 0. The van der Waals surface area contributed by atoms with Gasteiger partial charge in [-0.15, -0.1) is 11.3 Å². The number of rotatable bonds is 2. The van der Waals surface area contributed by atoms with Crippen LogP contribution in [0.15, 0.2) is 6.07 Å². The predicted molar refractivity (Wildman–Crippen MR) is 64.8 cm³/mol. The minimum Gasteiger partial charge on any atom is -0.324 e. The SMILES string of the molecule is Cc1cc(C(N)CC(C)(C)C)c(C)s1. The summed E-state index contributed by atoms with van der Waals surface area (Å²) in [6.07, 6.45) is 1.05. The van der Waals surface area contributed by atoms with Crippen molar-refractivity contribution in [2.45, 2.75) is 47.1 Å². The van der Waals surface area contributed by atoms with Gasteiger partial charge in [0, 0.05) is 15.8 Å². The number of hydrogen-bond donors (Lipinski definition) is 1. The van der Waals surface area contributed by atoms with Gasteiger partial charge in [0.15, 0.2) is 0 Å². The van der Waals surface area contributed by atoms with Crippen LogP contribution in [0.2, 0.25) is 0 Å². The molecule has 1 atom stereocenters. The van der Waals surface area contributed by atoms with E-state index in [1.807, 2.05) is 11.3 Å². The summed E-state index contributed by atoms with van der Waals surface area (Å²) >= 11 is 1.84. The van der Waals surface area contributed by atoms with Crippen LogP contribution in [-0.2, 0) is 0 Å². The highest BCUT2D eigenvalue weighted by atomic mass is 32.1. The summed E-state index contributed by atoms with van der Waals surface area (Å²) in [7, 11) is 0. The number of hydrogen-bond acceptors (Lipinski definition) is 2. The lowest BCUT2D eigenvalue weighted by atomic mass is 9.86. The first-order valence-corrected chi connectivity index (χ1v) is 5.94. The summed E-state index contributed by atoms with van der Waals surface area (Å²) in [6, 6.07) is 2.43. The second kappa shape index (κ2) is 4.03. The van der Waals surface area contributed by atoms with E-state index in [1.165, 1.54) is 15.3 Å². The van der Waals surface area contributed by atoms with Gasteiger partial charge in [0.1, 0.15) is 0 Å². The molecule has 1 unspecified atom stereocenters. The molecule has 0 saturated carbocycles. The largest absolute Gasteiger partial charge is 0.324 e. The van der Waals surface area contributed by atoms with E-state index in [0.717, 1.165) is 6.42 Å². The van der Waals surface area contributed by atoms with Crippen molar-refractivity contribution in [3.63, 3.8) is 0 Å². The van der Waals surface area contributed by atoms with Crippen molar-refractivity contribution >= 4 is 11.3 Å². The normalized spacial score (nSPS) is 14.4. The van der Waals surface area contributed by atoms with E-state index in [2.05, 4.69) is 40.7 Å². The molecule has 0 aliphatic rings. The Hall–Kier alpha value is -0.340. The summed E-state index contributed by atoms with van der Waals surface area (Å²) in [5, 5.41) is 0. The van der Waals surface area contributed by atoms with Gasteiger partial charge in [-0.1, -0.05) is 20.8 Å². The maximum absolute atomic E-state index is 6.20. The van der Waals surface area contributed by atoms with Crippen molar-refractivity contribution in [2.24, 2.45) is 11.1 Å². The van der Waals surface area contributed by atoms with Crippen molar-refractivity contribution < 1.29 is 0 Å². The summed E-state index contributed by atoms with van der Waals surface area (Å²) < 4.78 is 0. The van der Waals surface area contributed by atoms with Crippen LogP contribution >= 0.6 is 11.3 Å². The summed E-state index contributed by atoms with van der Waals surface area (Å²) in [5.41, 5.74) is 7.84. The molecule has 0 radical (unpaired) electrons. The monoisotopic (exact) mass is 211 g/mol. The van der Waals surface area contributed by atoms with Gasteiger partial charge in [0.25, 0.3) is 0 Å².